The van der Waals surface area contributed by atoms with Gasteiger partial charge in [-0.15, -0.1) is 0 Å². The maximum atomic E-state index is 13.6. The third-order valence-corrected chi connectivity index (χ3v) is 3.26. The first kappa shape index (κ1) is 14.5. The van der Waals surface area contributed by atoms with E-state index < -0.39 is 11.5 Å². The lowest BCUT2D eigenvalue weighted by Gasteiger charge is -2.09. The molecule has 0 unspecified atom stereocenters. The fourth-order valence-corrected chi connectivity index (χ4v) is 2.30. The fraction of sp³-hybridized carbons (Fsp3) is 0.143. The molecule has 0 atom stereocenters. The van der Waals surface area contributed by atoms with E-state index >= 15 is 0 Å². The van der Waals surface area contributed by atoms with Crippen LogP contribution in [0.15, 0.2) is 45.8 Å². The van der Waals surface area contributed by atoms with Crippen LogP contribution < -0.4 is 10.9 Å². The van der Waals surface area contributed by atoms with Gasteiger partial charge < -0.3 is 9.88 Å². The Balaban J connectivity index is 2.48. The molecule has 0 saturated carbocycles. The van der Waals surface area contributed by atoms with Gasteiger partial charge in [0.25, 0.3) is 11.5 Å². The second-order valence-electron chi connectivity index (χ2n) is 4.18. The van der Waals surface area contributed by atoms with Gasteiger partial charge in [0.1, 0.15) is 11.4 Å². The SMILES string of the molecule is CNC(=O)c1cc(Br)cn(Cc2ccccc2F)c1=O. The molecule has 1 aromatic carbocycles. The van der Waals surface area contributed by atoms with Crippen molar-refractivity contribution in [3.05, 3.63) is 68.3 Å². The summed E-state index contributed by atoms with van der Waals surface area (Å²) in [4.78, 5) is 23.8. The van der Waals surface area contributed by atoms with Gasteiger partial charge in [0.2, 0.25) is 0 Å². The molecule has 1 aromatic heterocycles. The molecular formula is C14H12BrFN2O2. The van der Waals surface area contributed by atoms with Crippen molar-refractivity contribution in [3.8, 4) is 0 Å². The van der Waals surface area contributed by atoms with Crippen LogP contribution in [0.1, 0.15) is 15.9 Å². The molecule has 0 radical (unpaired) electrons. The zero-order valence-electron chi connectivity index (χ0n) is 10.7. The molecule has 104 valence electrons. The van der Waals surface area contributed by atoms with E-state index in [4.69, 9.17) is 0 Å². The lowest BCUT2D eigenvalue weighted by Crippen LogP contribution is -2.31. The van der Waals surface area contributed by atoms with Gasteiger partial charge in [0, 0.05) is 23.3 Å². The second kappa shape index (κ2) is 6.00. The third-order valence-electron chi connectivity index (χ3n) is 2.82. The van der Waals surface area contributed by atoms with Crippen molar-refractivity contribution in [2.24, 2.45) is 0 Å². The van der Waals surface area contributed by atoms with Gasteiger partial charge in [-0.05, 0) is 28.1 Å². The Labute approximate surface area is 123 Å². The average Bonchev–Trinajstić information content (AvgIpc) is 2.44. The minimum atomic E-state index is -0.474. The molecule has 6 heteroatoms. The molecule has 2 aromatic rings. The summed E-state index contributed by atoms with van der Waals surface area (Å²) in [6.07, 6.45) is 1.53. The monoisotopic (exact) mass is 338 g/mol. The summed E-state index contributed by atoms with van der Waals surface area (Å²) in [7, 11) is 1.45. The molecule has 4 nitrogen and oxygen atoms in total. The number of benzene rings is 1. The number of nitrogens with zero attached hydrogens (tertiary/aromatic N) is 1. The summed E-state index contributed by atoms with van der Waals surface area (Å²) in [5.74, 6) is -0.862. The predicted octanol–water partition coefficient (Wildman–Crippen LogP) is 2.16. The molecule has 0 fully saturated rings. The van der Waals surface area contributed by atoms with E-state index in [1.54, 1.807) is 18.2 Å². The highest BCUT2D eigenvalue weighted by molar-refractivity contribution is 9.10. The van der Waals surface area contributed by atoms with E-state index in [2.05, 4.69) is 21.2 Å². The number of halogens is 2. The van der Waals surface area contributed by atoms with Crippen molar-refractivity contribution in [1.29, 1.82) is 0 Å². The van der Waals surface area contributed by atoms with E-state index in [0.29, 0.717) is 10.0 Å². The summed E-state index contributed by atoms with van der Waals surface area (Å²) in [5.41, 5.74) is -0.0652. The molecule has 1 heterocycles. The minimum Gasteiger partial charge on any atom is -0.355 e. The Kier molecular flexibility index (Phi) is 4.34. The predicted molar refractivity (Wildman–Crippen MR) is 77.3 cm³/mol. The van der Waals surface area contributed by atoms with Gasteiger partial charge >= 0.3 is 0 Å². The van der Waals surface area contributed by atoms with Crippen LogP contribution in [0, 0.1) is 5.82 Å². The second-order valence-corrected chi connectivity index (χ2v) is 5.09. The Morgan fingerprint density at radius 2 is 2.10 bits per heavy atom. The molecule has 0 aliphatic carbocycles. The van der Waals surface area contributed by atoms with Crippen molar-refractivity contribution >= 4 is 21.8 Å². The summed E-state index contributed by atoms with van der Waals surface area (Å²) in [5, 5.41) is 2.40. The quantitative estimate of drug-likeness (QED) is 0.932. The van der Waals surface area contributed by atoms with E-state index in [9.17, 15) is 14.0 Å². The number of pyridine rings is 1. The van der Waals surface area contributed by atoms with Crippen molar-refractivity contribution in [3.63, 3.8) is 0 Å². The fourth-order valence-electron chi connectivity index (χ4n) is 1.82. The first-order valence-electron chi connectivity index (χ1n) is 5.88. The van der Waals surface area contributed by atoms with Gasteiger partial charge in [0.05, 0.1) is 6.54 Å². The third kappa shape index (κ3) is 2.96. The normalized spacial score (nSPS) is 10.3. The van der Waals surface area contributed by atoms with E-state index in [0.717, 1.165) is 0 Å². The zero-order valence-corrected chi connectivity index (χ0v) is 12.3. The Bertz CT molecular complexity index is 713. The highest BCUT2D eigenvalue weighted by Crippen LogP contribution is 2.12. The van der Waals surface area contributed by atoms with Crippen molar-refractivity contribution in [2.75, 3.05) is 7.05 Å². The summed E-state index contributed by atoms with van der Waals surface area (Å²) in [6.45, 7) is 0.0644. The van der Waals surface area contributed by atoms with Crippen molar-refractivity contribution in [1.82, 2.24) is 9.88 Å². The zero-order chi connectivity index (χ0) is 14.7. The molecule has 1 N–H and O–H groups in total. The number of carbonyl (C=O) groups is 1. The van der Waals surface area contributed by atoms with Crippen molar-refractivity contribution in [2.45, 2.75) is 6.54 Å². The van der Waals surface area contributed by atoms with Crippen LogP contribution in [0.2, 0.25) is 0 Å². The maximum Gasteiger partial charge on any atom is 0.263 e. The smallest absolute Gasteiger partial charge is 0.263 e. The number of aromatic nitrogens is 1. The largest absolute Gasteiger partial charge is 0.355 e. The van der Waals surface area contributed by atoms with E-state index in [1.807, 2.05) is 0 Å². The molecule has 2 rings (SSSR count). The van der Waals surface area contributed by atoms with Crippen LogP contribution in [0.5, 0.6) is 0 Å². The van der Waals surface area contributed by atoms with E-state index in [1.165, 1.54) is 29.9 Å². The van der Waals surface area contributed by atoms with Crippen molar-refractivity contribution < 1.29 is 9.18 Å². The lowest BCUT2D eigenvalue weighted by molar-refractivity contribution is 0.0961. The lowest BCUT2D eigenvalue weighted by atomic mass is 10.2. The van der Waals surface area contributed by atoms with Crippen LogP contribution >= 0.6 is 15.9 Å². The number of carbonyl (C=O) groups excluding carboxylic acids is 1. The Morgan fingerprint density at radius 3 is 2.75 bits per heavy atom. The average molecular weight is 339 g/mol. The van der Waals surface area contributed by atoms with Gasteiger partial charge in [0.15, 0.2) is 0 Å². The maximum absolute atomic E-state index is 13.6. The summed E-state index contributed by atoms with van der Waals surface area (Å²) >= 11 is 3.24. The molecule has 20 heavy (non-hydrogen) atoms. The van der Waals surface area contributed by atoms with Crippen LogP contribution in [0.25, 0.3) is 0 Å². The number of nitrogens with one attached hydrogen (secondary N) is 1. The van der Waals surface area contributed by atoms with Gasteiger partial charge in [-0.2, -0.15) is 0 Å². The summed E-state index contributed by atoms with van der Waals surface area (Å²) in [6, 6.07) is 7.65. The number of hydrogen-bond acceptors (Lipinski definition) is 2. The molecule has 0 aliphatic heterocycles. The van der Waals surface area contributed by atoms with Gasteiger partial charge in [-0.3, -0.25) is 9.59 Å². The Hall–Kier alpha value is -1.95. The highest BCUT2D eigenvalue weighted by Gasteiger charge is 2.13. The van der Waals surface area contributed by atoms with Crippen LogP contribution in [-0.4, -0.2) is 17.5 Å². The van der Waals surface area contributed by atoms with Crippen LogP contribution in [0.3, 0.4) is 0 Å². The minimum absolute atomic E-state index is 0.0122. The first-order valence-corrected chi connectivity index (χ1v) is 6.67. The van der Waals surface area contributed by atoms with Crippen LogP contribution in [0.4, 0.5) is 4.39 Å². The Morgan fingerprint density at radius 1 is 1.40 bits per heavy atom. The number of hydrogen-bond donors (Lipinski definition) is 1. The molecule has 0 aliphatic rings. The molecule has 0 saturated heterocycles. The van der Waals surface area contributed by atoms with Gasteiger partial charge in [-0.25, -0.2) is 4.39 Å². The topological polar surface area (TPSA) is 51.1 Å². The molecule has 0 spiro atoms. The van der Waals surface area contributed by atoms with Crippen LogP contribution in [-0.2, 0) is 6.54 Å². The molecule has 0 bridgehead atoms. The molecule has 1 amide bonds. The summed E-state index contributed by atoms with van der Waals surface area (Å²) < 4.78 is 15.5. The number of rotatable bonds is 3. The standard InChI is InChI=1S/C14H12BrFN2O2/c1-17-13(19)11-6-10(15)8-18(14(11)20)7-9-4-2-3-5-12(9)16/h2-6,8H,7H2,1H3,(H,17,19). The molecular weight excluding hydrogens is 327 g/mol. The highest BCUT2D eigenvalue weighted by atomic mass is 79.9. The number of amides is 1. The van der Waals surface area contributed by atoms with Gasteiger partial charge in [-0.1, -0.05) is 18.2 Å². The van der Waals surface area contributed by atoms with E-state index in [-0.39, 0.29) is 17.9 Å². The first-order chi connectivity index (χ1) is 9.52.